The van der Waals surface area contributed by atoms with Crippen LogP contribution in [-0.4, -0.2) is 28.7 Å². The number of benzene rings is 1. The first kappa shape index (κ1) is 14.8. The van der Waals surface area contributed by atoms with Crippen molar-refractivity contribution in [2.24, 2.45) is 0 Å². The molecule has 0 saturated carbocycles. The monoisotopic (exact) mass is 313 g/mol. The van der Waals surface area contributed by atoms with E-state index < -0.39 is 6.10 Å². The van der Waals surface area contributed by atoms with Crippen molar-refractivity contribution in [2.45, 2.75) is 20.0 Å². The molecule has 2 amide bonds. The van der Waals surface area contributed by atoms with Crippen molar-refractivity contribution in [3.05, 3.63) is 41.7 Å². The fraction of sp³-hybridized carbons (Fsp3) is 0.188. The number of amides is 2. The fourth-order valence-corrected chi connectivity index (χ4v) is 2.21. The average molecular weight is 313 g/mol. The molecule has 7 nitrogen and oxygen atoms in total. The quantitative estimate of drug-likeness (QED) is 0.756. The Kier molecular flexibility index (Phi) is 3.61. The summed E-state index contributed by atoms with van der Waals surface area (Å²) in [6, 6.07) is 6.46. The number of nitrogens with one attached hydrogen (secondary N) is 3. The highest BCUT2D eigenvalue weighted by Gasteiger charge is 2.23. The van der Waals surface area contributed by atoms with Gasteiger partial charge in [-0.05, 0) is 38.1 Å². The van der Waals surface area contributed by atoms with Gasteiger partial charge in [-0.25, -0.2) is 0 Å². The van der Waals surface area contributed by atoms with Gasteiger partial charge < -0.3 is 20.4 Å². The molecule has 118 valence electrons. The van der Waals surface area contributed by atoms with E-state index in [9.17, 15) is 14.4 Å². The van der Waals surface area contributed by atoms with Gasteiger partial charge in [-0.1, -0.05) is 0 Å². The van der Waals surface area contributed by atoms with Crippen LogP contribution < -0.4 is 15.4 Å². The van der Waals surface area contributed by atoms with Crippen LogP contribution in [0.25, 0.3) is 0 Å². The molecule has 0 spiro atoms. The predicted molar refractivity (Wildman–Crippen MR) is 83.9 cm³/mol. The highest BCUT2D eigenvalue weighted by molar-refractivity contribution is 6.06. The van der Waals surface area contributed by atoms with Crippen LogP contribution in [0.5, 0.6) is 5.75 Å². The molecule has 1 aromatic heterocycles. The molecule has 1 unspecified atom stereocenters. The molecule has 1 aromatic carbocycles. The van der Waals surface area contributed by atoms with Crippen molar-refractivity contribution in [3.63, 3.8) is 0 Å². The van der Waals surface area contributed by atoms with Gasteiger partial charge in [0.1, 0.15) is 11.4 Å². The number of H-pyrrole nitrogens is 1. The van der Waals surface area contributed by atoms with Crippen LogP contribution in [0.4, 0.5) is 11.4 Å². The fourth-order valence-electron chi connectivity index (χ4n) is 2.21. The van der Waals surface area contributed by atoms with E-state index in [1.165, 1.54) is 19.2 Å². The van der Waals surface area contributed by atoms with E-state index in [-0.39, 0.29) is 23.3 Å². The second kappa shape index (κ2) is 5.60. The number of anilines is 2. The summed E-state index contributed by atoms with van der Waals surface area (Å²) in [5, 5.41) is 5.41. The lowest BCUT2D eigenvalue weighted by atomic mass is 10.2. The van der Waals surface area contributed by atoms with Gasteiger partial charge in [0.15, 0.2) is 11.9 Å². The van der Waals surface area contributed by atoms with Crippen molar-refractivity contribution >= 4 is 29.0 Å². The summed E-state index contributed by atoms with van der Waals surface area (Å²) in [5.41, 5.74) is 1.73. The Morgan fingerprint density at radius 1 is 1.26 bits per heavy atom. The average Bonchev–Trinajstić information content (AvgIpc) is 2.99. The SMILES string of the molecule is CC(=O)c1c[nH]c(C(=O)Nc2ccc3c(c2)NC(=O)C(C)O3)c1. The van der Waals surface area contributed by atoms with Crippen LogP contribution in [0.1, 0.15) is 34.7 Å². The lowest BCUT2D eigenvalue weighted by molar-refractivity contribution is -0.122. The smallest absolute Gasteiger partial charge is 0.272 e. The molecule has 0 fully saturated rings. The number of Topliss-reactive ketones (excluding diaryl/α,β-unsaturated/α-hetero) is 1. The number of aromatic nitrogens is 1. The number of ketones is 1. The minimum atomic E-state index is -0.549. The Bertz CT molecular complexity index is 809. The van der Waals surface area contributed by atoms with Crippen LogP contribution in [-0.2, 0) is 4.79 Å². The number of hydrogen-bond donors (Lipinski definition) is 3. The van der Waals surface area contributed by atoms with Crippen LogP contribution in [0.3, 0.4) is 0 Å². The third kappa shape index (κ3) is 2.94. The predicted octanol–water partition coefficient (Wildman–Crippen LogP) is 2.19. The first-order valence-electron chi connectivity index (χ1n) is 7.06. The molecule has 1 aliphatic heterocycles. The molecule has 0 bridgehead atoms. The minimum Gasteiger partial charge on any atom is -0.479 e. The molecule has 3 N–H and O–H groups in total. The van der Waals surface area contributed by atoms with E-state index in [0.717, 1.165) is 0 Å². The Hall–Kier alpha value is -3.09. The summed E-state index contributed by atoms with van der Waals surface area (Å²) in [6.45, 7) is 3.09. The summed E-state index contributed by atoms with van der Waals surface area (Å²) >= 11 is 0. The lowest BCUT2D eigenvalue weighted by Gasteiger charge is -2.23. The molecule has 0 radical (unpaired) electrons. The Morgan fingerprint density at radius 2 is 2.04 bits per heavy atom. The lowest BCUT2D eigenvalue weighted by Crippen LogP contribution is -2.34. The molecule has 0 aliphatic carbocycles. The number of ether oxygens (including phenoxy) is 1. The minimum absolute atomic E-state index is 0.122. The van der Waals surface area contributed by atoms with Gasteiger partial charge in [0.05, 0.1) is 5.69 Å². The molecule has 3 rings (SSSR count). The first-order chi connectivity index (χ1) is 10.9. The number of rotatable bonds is 3. The molecule has 1 atom stereocenters. The zero-order valence-corrected chi connectivity index (χ0v) is 12.6. The van der Waals surface area contributed by atoms with E-state index in [1.54, 1.807) is 25.1 Å². The Balaban J connectivity index is 1.78. The molecule has 23 heavy (non-hydrogen) atoms. The maximum Gasteiger partial charge on any atom is 0.272 e. The van der Waals surface area contributed by atoms with Gasteiger partial charge in [0, 0.05) is 17.4 Å². The molecule has 0 saturated heterocycles. The van der Waals surface area contributed by atoms with Gasteiger partial charge >= 0.3 is 0 Å². The third-order valence-electron chi connectivity index (χ3n) is 3.50. The largest absolute Gasteiger partial charge is 0.479 e. The van der Waals surface area contributed by atoms with Crippen LogP contribution in [0, 0.1) is 0 Å². The number of aromatic amines is 1. The highest BCUT2D eigenvalue weighted by atomic mass is 16.5. The van der Waals surface area contributed by atoms with Crippen LogP contribution in [0.15, 0.2) is 30.5 Å². The number of fused-ring (bicyclic) bond motifs is 1. The number of carbonyl (C=O) groups excluding carboxylic acids is 3. The first-order valence-corrected chi connectivity index (χ1v) is 7.06. The molecular formula is C16H15N3O4. The van der Waals surface area contributed by atoms with Gasteiger partial charge in [-0.2, -0.15) is 0 Å². The molecule has 1 aliphatic rings. The van der Waals surface area contributed by atoms with E-state index in [2.05, 4.69) is 15.6 Å². The zero-order valence-electron chi connectivity index (χ0n) is 12.6. The van der Waals surface area contributed by atoms with E-state index in [1.807, 2.05) is 0 Å². The maximum atomic E-state index is 12.2. The third-order valence-corrected chi connectivity index (χ3v) is 3.50. The van der Waals surface area contributed by atoms with Gasteiger partial charge in [-0.3, -0.25) is 14.4 Å². The Labute approximate surface area is 132 Å². The maximum absolute atomic E-state index is 12.2. The molecule has 2 aromatic rings. The summed E-state index contributed by atoms with van der Waals surface area (Å²) in [6.07, 6.45) is 0.936. The topological polar surface area (TPSA) is 100 Å². The van der Waals surface area contributed by atoms with Crippen LogP contribution >= 0.6 is 0 Å². The highest BCUT2D eigenvalue weighted by Crippen LogP contribution is 2.32. The Morgan fingerprint density at radius 3 is 2.74 bits per heavy atom. The second-order valence-electron chi connectivity index (χ2n) is 5.27. The molecular weight excluding hydrogens is 298 g/mol. The van der Waals surface area contributed by atoms with Gasteiger partial charge in [0.25, 0.3) is 11.8 Å². The van der Waals surface area contributed by atoms with Crippen molar-refractivity contribution < 1.29 is 19.1 Å². The van der Waals surface area contributed by atoms with Crippen molar-refractivity contribution in [2.75, 3.05) is 10.6 Å². The summed E-state index contributed by atoms with van der Waals surface area (Å²) in [5.74, 6) is -0.192. The summed E-state index contributed by atoms with van der Waals surface area (Å²) in [4.78, 5) is 37.8. The number of carbonyl (C=O) groups is 3. The molecule has 7 heteroatoms. The van der Waals surface area contributed by atoms with Gasteiger partial charge in [-0.15, -0.1) is 0 Å². The van der Waals surface area contributed by atoms with E-state index in [4.69, 9.17) is 4.74 Å². The second-order valence-corrected chi connectivity index (χ2v) is 5.27. The van der Waals surface area contributed by atoms with Gasteiger partial charge in [0.2, 0.25) is 0 Å². The van der Waals surface area contributed by atoms with Crippen LogP contribution in [0.2, 0.25) is 0 Å². The summed E-state index contributed by atoms with van der Waals surface area (Å²) < 4.78 is 5.45. The van der Waals surface area contributed by atoms with Crippen molar-refractivity contribution in [1.29, 1.82) is 0 Å². The van der Waals surface area contributed by atoms with E-state index >= 15 is 0 Å². The number of hydrogen-bond acceptors (Lipinski definition) is 4. The normalized spacial score (nSPS) is 16.1. The molecule has 2 heterocycles. The van der Waals surface area contributed by atoms with E-state index in [0.29, 0.717) is 22.7 Å². The van der Waals surface area contributed by atoms with Crippen molar-refractivity contribution in [1.82, 2.24) is 4.98 Å². The summed E-state index contributed by atoms with van der Waals surface area (Å²) in [7, 11) is 0. The van der Waals surface area contributed by atoms with Crippen molar-refractivity contribution in [3.8, 4) is 5.75 Å². The standard InChI is InChI=1S/C16H15N3O4/c1-8(20)10-5-13(17-7-10)16(22)18-11-3-4-14-12(6-11)19-15(21)9(2)23-14/h3-7,9,17H,1-2H3,(H,18,22)(H,19,21). The zero-order chi connectivity index (χ0) is 16.6.